The largest absolute Gasteiger partial charge is 0.311 e. The summed E-state index contributed by atoms with van der Waals surface area (Å²) in [5, 5.41) is 14.4. The zero-order valence-corrected chi connectivity index (χ0v) is 15.1. The van der Waals surface area contributed by atoms with Gasteiger partial charge in [0, 0.05) is 36.2 Å². The van der Waals surface area contributed by atoms with Gasteiger partial charge in [-0.2, -0.15) is 0 Å². The van der Waals surface area contributed by atoms with Crippen LogP contribution in [0.5, 0.6) is 0 Å². The van der Waals surface area contributed by atoms with Gasteiger partial charge < -0.3 is 5.32 Å². The highest BCUT2D eigenvalue weighted by Crippen LogP contribution is 2.55. The van der Waals surface area contributed by atoms with E-state index in [0.29, 0.717) is 18.5 Å². The van der Waals surface area contributed by atoms with Crippen molar-refractivity contribution in [2.24, 2.45) is 17.8 Å². The van der Waals surface area contributed by atoms with E-state index in [2.05, 4.69) is 5.32 Å². The van der Waals surface area contributed by atoms with Gasteiger partial charge in [-0.05, 0) is 68.4 Å². The summed E-state index contributed by atoms with van der Waals surface area (Å²) in [6.45, 7) is 0.710. The normalized spacial score (nSPS) is 32.2. The first-order valence-corrected chi connectivity index (χ1v) is 9.06. The Labute approximate surface area is 154 Å². The van der Waals surface area contributed by atoms with Crippen LogP contribution in [0.1, 0.15) is 55.3 Å². The molecule has 4 aliphatic rings. The van der Waals surface area contributed by atoms with E-state index in [1.54, 1.807) is 12.1 Å². The molecule has 4 aliphatic carbocycles. The Morgan fingerprint density at radius 1 is 1.08 bits per heavy atom. The molecule has 4 bridgehead atoms. The molecular weight excluding hydrogens is 340 g/mol. The molecule has 1 aromatic carbocycles. The maximum Gasteiger partial charge on any atom is 0.269 e. The molecule has 1 aromatic rings. The number of nitro benzene ring substituents is 1. The van der Waals surface area contributed by atoms with Gasteiger partial charge in [-0.1, -0.05) is 0 Å². The number of halogens is 1. The Bertz CT molecular complexity index is 624. The van der Waals surface area contributed by atoms with Crippen molar-refractivity contribution in [2.75, 3.05) is 6.54 Å². The van der Waals surface area contributed by atoms with E-state index in [-0.39, 0.29) is 29.4 Å². The van der Waals surface area contributed by atoms with Crippen LogP contribution < -0.4 is 5.32 Å². The van der Waals surface area contributed by atoms with Gasteiger partial charge in [0.25, 0.3) is 5.69 Å². The molecule has 0 radical (unpaired) electrons. The molecule has 136 valence electrons. The van der Waals surface area contributed by atoms with Crippen LogP contribution in [0.4, 0.5) is 5.69 Å². The number of non-ortho nitro benzene ring substituents is 1. The lowest BCUT2D eigenvalue weighted by Gasteiger charge is -2.57. The molecular formula is C19H25ClN2O3. The summed E-state index contributed by atoms with van der Waals surface area (Å²) in [6, 6.07) is 5.93. The fourth-order valence-electron chi connectivity index (χ4n) is 5.68. The van der Waals surface area contributed by atoms with Gasteiger partial charge in [0.05, 0.1) is 4.92 Å². The maximum absolute atomic E-state index is 12.3. The molecule has 0 unspecified atom stereocenters. The van der Waals surface area contributed by atoms with Crippen molar-refractivity contribution in [2.45, 2.75) is 50.5 Å². The van der Waals surface area contributed by atoms with Gasteiger partial charge in [-0.15, -0.1) is 12.4 Å². The summed E-state index contributed by atoms with van der Waals surface area (Å²) < 4.78 is 0. The van der Waals surface area contributed by atoms with Gasteiger partial charge in [0.15, 0.2) is 5.78 Å². The van der Waals surface area contributed by atoms with E-state index in [1.807, 2.05) is 0 Å². The predicted molar refractivity (Wildman–Crippen MR) is 98.2 cm³/mol. The maximum atomic E-state index is 12.3. The smallest absolute Gasteiger partial charge is 0.269 e. The molecule has 0 aliphatic heterocycles. The highest BCUT2D eigenvalue weighted by atomic mass is 35.5. The van der Waals surface area contributed by atoms with Crippen LogP contribution in [-0.2, 0) is 0 Å². The molecule has 5 nitrogen and oxygen atoms in total. The second-order valence-corrected chi connectivity index (χ2v) is 8.10. The van der Waals surface area contributed by atoms with E-state index in [1.165, 1.54) is 50.7 Å². The van der Waals surface area contributed by atoms with Crippen LogP contribution >= 0.6 is 12.4 Å². The Hall–Kier alpha value is -1.46. The van der Waals surface area contributed by atoms with Gasteiger partial charge in [-0.3, -0.25) is 14.9 Å². The lowest BCUT2D eigenvalue weighted by molar-refractivity contribution is -0.384. The third-order valence-corrected chi connectivity index (χ3v) is 6.29. The zero-order chi connectivity index (χ0) is 16.7. The minimum atomic E-state index is -0.442. The Morgan fingerprint density at radius 2 is 1.60 bits per heavy atom. The molecule has 0 amide bonds. The van der Waals surface area contributed by atoms with Crippen molar-refractivity contribution < 1.29 is 9.72 Å². The number of rotatable bonds is 6. The number of benzene rings is 1. The standard InChI is InChI=1S/C19H24N2O3.ClH/c22-18(16-1-3-17(4-2-16)21(23)24)5-6-20-19-10-13-7-14(11-19)9-15(8-13)12-19;/h1-4,13-15,20H,5-12H2;1H. The monoisotopic (exact) mass is 364 g/mol. The van der Waals surface area contributed by atoms with E-state index >= 15 is 0 Å². The van der Waals surface area contributed by atoms with Crippen LogP contribution in [0.3, 0.4) is 0 Å². The molecule has 0 atom stereocenters. The molecule has 1 N–H and O–H groups in total. The average Bonchev–Trinajstić information content (AvgIpc) is 2.53. The summed E-state index contributed by atoms with van der Waals surface area (Å²) in [6.07, 6.45) is 8.56. The van der Waals surface area contributed by atoms with E-state index < -0.39 is 4.92 Å². The van der Waals surface area contributed by atoms with Crippen LogP contribution in [0.15, 0.2) is 24.3 Å². The van der Waals surface area contributed by atoms with Crippen LogP contribution in [-0.4, -0.2) is 22.8 Å². The predicted octanol–water partition coefficient (Wildman–Crippen LogP) is 4.15. The van der Waals surface area contributed by atoms with E-state index in [9.17, 15) is 14.9 Å². The van der Waals surface area contributed by atoms with Gasteiger partial charge in [0.2, 0.25) is 0 Å². The highest BCUT2D eigenvalue weighted by Gasteiger charge is 2.50. The number of hydrogen-bond donors (Lipinski definition) is 1. The number of nitrogens with one attached hydrogen (secondary N) is 1. The fourth-order valence-corrected chi connectivity index (χ4v) is 5.68. The summed E-state index contributed by atoms with van der Waals surface area (Å²) in [7, 11) is 0. The highest BCUT2D eigenvalue weighted by molar-refractivity contribution is 5.96. The van der Waals surface area contributed by atoms with Crippen LogP contribution in [0, 0.1) is 27.9 Å². The Balaban J connectivity index is 0.00000182. The minimum absolute atomic E-state index is 0. The third kappa shape index (κ3) is 3.72. The number of carbonyl (C=O) groups excluding carboxylic acids is 1. The molecule has 4 saturated carbocycles. The van der Waals surface area contributed by atoms with E-state index in [4.69, 9.17) is 0 Å². The topological polar surface area (TPSA) is 72.2 Å². The van der Waals surface area contributed by atoms with E-state index in [0.717, 1.165) is 17.8 Å². The molecule has 5 rings (SSSR count). The molecule has 6 heteroatoms. The second-order valence-electron chi connectivity index (χ2n) is 8.10. The lowest BCUT2D eigenvalue weighted by atomic mass is 9.53. The molecule has 25 heavy (non-hydrogen) atoms. The first kappa shape index (κ1) is 18.3. The second kappa shape index (κ2) is 7.04. The first-order chi connectivity index (χ1) is 11.5. The first-order valence-electron chi connectivity index (χ1n) is 9.06. The summed E-state index contributed by atoms with van der Waals surface area (Å²) in [5.41, 5.74) is 0.871. The lowest BCUT2D eigenvalue weighted by Crippen LogP contribution is -2.58. The quantitative estimate of drug-likeness (QED) is 0.467. The molecule has 0 aromatic heterocycles. The van der Waals surface area contributed by atoms with Crippen molar-refractivity contribution in [1.29, 1.82) is 0 Å². The minimum Gasteiger partial charge on any atom is -0.311 e. The van der Waals surface area contributed by atoms with Crippen molar-refractivity contribution in [3.8, 4) is 0 Å². The third-order valence-electron chi connectivity index (χ3n) is 6.29. The van der Waals surface area contributed by atoms with Crippen molar-refractivity contribution in [1.82, 2.24) is 5.32 Å². The molecule has 0 heterocycles. The number of Topliss-reactive ketones (excluding diaryl/α,β-unsaturated/α-hetero) is 1. The number of nitro groups is 1. The number of nitrogens with zero attached hydrogens (tertiary/aromatic N) is 1. The summed E-state index contributed by atoms with van der Waals surface area (Å²) in [5.74, 6) is 2.75. The van der Waals surface area contributed by atoms with Crippen molar-refractivity contribution in [3.63, 3.8) is 0 Å². The zero-order valence-electron chi connectivity index (χ0n) is 14.3. The Kier molecular flexibility index (Phi) is 5.16. The number of carbonyl (C=O) groups is 1. The van der Waals surface area contributed by atoms with Crippen LogP contribution in [0.2, 0.25) is 0 Å². The fraction of sp³-hybridized carbons (Fsp3) is 0.632. The summed E-state index contributed by atoms with van der Waals surface area (Å²) in [4.78, 5) is 22.5. The SMILES string of the molecule is Cl.O=C(CCNC12CC3CC(CC(C3)C1)C2)c1ccc([N+](=O)[O-])cc1. The average molecular weight is 365 g/mol. The molecule has 4 fully saturated rings. The van der Waals surface area contributed by atoms with Crippen molar-refractivity contribution in [3.05, 3.63) is 39.9 Å². The van der Waals surface area contributed by atoms with Crippen LogP contribution in [0.25, 0.3) is 0 Å². The van der Waals surface area contributed by atoms with Gasteiger partial charge in [-0.25, -0.2) is 0 Å². The summed E-state index contributed by atoms with van der Waals surface area (Å²) >= 11 is 0. The van der Waals surface area contributed by atoms with Gasteiger partial charge >= 0.3 is 0 Å². The van der Waals surface area contributed by atoms with Gasteiger partial charge in [0.1, 0.15) is 0 Å². The Morgan fingerprint density at radius 3 is 2.08 bits per heavy atom. The number of hydrogen-bond acceptors (Lipinski definition) is 4. The molecule has 0 spiro atoms. The van der Waals surface area contributed by atoms with Crippen molar-refractivity contribution >= 4 is 23.9 Å². The number of ketones is 1. The molecule has 0 saturated heterocycles.